The van der Waals surface area contributed by atoms with Crippen LogP contribution in [-0.4, -0.2) is 64.9 Å². The Morgan fingerprint density at radius 1 is 1.04 bits per heavy atom. The van der Waals surface area contributed by atoms with E-state index in [1.54, 1.807) is 21.3 Å². The van der Waals surface area contributed by atoms with Gasteiger partial charge in [-0.05, 0) is 63.5 Å². The van der Waals surface area contributed by atoms with Crippen LogP contribution in [0.15, 0.2) is 17.1 Å². The SMILES string of the molecule is CCNC(=NCc1cc(OC)c(OC)c(OC)c1)NCCCN1CCCC1.I. The first kappa shape index (κ1) is 24.6. The van der Waals surface area contributed by atoms with Gasteiger partial charge >= 0.3 is 0 Å². The first-order valence-corrected chi connectivity index (χ1v) is 9.75. The summed E-state index contributed by atoms with van der Waals surface area (Å²) >= 11 is 0. The number of ether oxygens (including phenoxy) is 3. The largest absolute Gasteiger partial charge is 0.493 e. The quantitative estimate of drug-likeness (QED) is 0.220. The molecule has 1 aliphatic rings. The van der Waals surface area contributed by atoms with Crippen LogP contribution in [0.25, 0.3) is 0 Å². The molecule has 1 aliphatic heterocycles. The molecular weight excluding hydrogens is 471 g/mol. The van der Waals surface area contributed by atoms with E-state index in [1.807, 2.05) is 12.1 Å². The van der Waals surface area contributed by atoms with Crippen LogP contribution in [0, 0.1) is 0 Å². The van der Waals surface area contributed by atoms with E-state index in [9.17, 15) is 0 Å². The molecule has 0 bridgehead atoms. The predicted octanol–water partition coefficient (Wildman–Crippen LogP) is 2.87. The molecule has 0 unspecified atom stereocenters. The lowest BCUT2D eigenvalue weighted by Crippen LogP contribution is -2.38. The molecule has 28 heavy (non-hydrogen) atoms. The van der Waals surface area contributed by atoms with Gasteiger partial charge in [-0.2, -0.15) is 0 Å². The lowest BCUT2D eigenvalue weighted by Gasteiger charge is -2.16. The standard InChI is InChI=1S/C20H34N4O3.HI/c1-5-21-20(22-9-8-12-24-10-6-7-11-24)23-15-16-13-17(25-2)19(27-4)18(14-16)26-3;/h13-14H,5-12,15H2,1-4H3,(H2,21,22,23);1H. The lowest BCUT2D eigenvalue weighted by atomic mass is 10.2. The van der Waals surface area contributed by atoms with Gasteiger partial charge in [0.25, 0.3) is 0 Å². The van der Waals surface area contributed by atoms with E-state index in [-0.39, 0.29) is 24.0 Å². The first-order chi connectivity index (χ1) is 13.2. The van der Waals surface area contributed by atoms with Gasteiger partial charge in [0.05, 0.1) is 27.9 Å². The van der Waals surface area contributed by atoms with E-state index in [0.29, 0.717) is 23.8 Å². The third-order valence-corrected chi connectivity index (χ3v) is 4.63. The average Bonchev–Trinajstić information content (AvgIpc) is 3.21. The molecule has 1 aromatic carbocycles. The van der Waals surface area contributed by atoms with Crippen molar-refractivity contribution in [1.82, 2.24) is 15.5 Å². The number of hydrogen-bond donors (Lipinski definition) is 2. The first-order valence-electron chi connectivity index (χ1n) is 9.75. The van der Waals surface area contributed by atoms with Gasteiger partial charge in [-0.1, -0.05) is 0 Å². The summed E-state index contributed by atoms with van der Waals surface area (Å²) in [6, 6.07) is 3.86. The van der Waals surface area contributed by atoms with Crippen molar-refractivity contribution in [3.05, 3.63) is 17.7 Å². The maximum atomic E-state index is 5.41. The molecule has 1 fully saturated rings. The highest BCUT2D eigenvalue weighted by molar-refractivity contribution is 14.0. The van der Waals surface area contributed by atoms with Crippen LogP contribution in [0.4, 0.5) is 0 Å². The third kappa shape index (κ3) is 7.54. The van der Waals surface area contributed by atoms with Gasteiger partial charge in [0.2, 0.25) is 5.75 Å². The molecule has 0 aromatic heterocycles. The number of rotatable bonds is 10. The van der Waals surface area contributed by atoms with Crippen LogP contribution >= 0.6 is 24.0 Å². The number of methoxy groups -OCH3 is 3. The minimum Gasteiger partial charge on any atom is -0.493 e. The second kappa shape index (κ2) is 13.7. The molecular formula is C20H35IN4O3. The highest BCUT2D eigenvalue weighted by atomic mass is 127. The van der Waals surface area contributed by atoms with E-state index < -0.39 is 0 Å². The minimum absolute atomic E-state index is 0. The Bertz CT molecular complexity index is 582. The molecule has 0 radical (unpaired) electrons. The van der Waals surface area contributed by atoms with Gasteiger partial charge in [0, 0.05) is 13.1 Å². The third-order valence-electron chi connectivity index (χ3n) is 4.63. The molecule has 7 nitrogen and oxygen atoms in total. The minimum atomic E-state index is 0. The molecule has 1 heterocycles. The van der Waals surface area contributed by atoms with Crippen LogP contribution in [0.3, 0.4) is 0 Å². The maximum absolute atomic E-state index is 5.41. The van der Waals surface area contributed by atoms with Crippen LogP contribution < -0.4 is 24.8 Å². The summed E-state index contributed by atoms with van der Waals surface area (Å²) in [6.07, 6.45) is 3.80. The number of likely N-dealkylation sites (tertiary alicyclic amines) is 1. The topological polar surface area (TPSA) is 67.4 Å². The molecule has 2 N–H and O–H groups in total. The second-order valence-corrected chi connectivity index (χ2v) is 6.56. The van der Waals surface area contributed by atoms with Gasteiger partial charge in [0.15, 0.2) is 17.5 Å². The fourth-order valence-corrected chi connectivity index (χ4v) is 3.25. The molecule has 0 spiro atoms. The van der Waals surface area contributed by atoms with E-state index >= 15 is 0 Å². The van der Waals surface area contributed by atoms with Crippen LogP contribution in [-0.2, 0) is 6.54 Å². The van der Waals surface area contributed by atoms with Crippen molar-refractivity contribution in [2.45, 2.75) is 32.7 Å². The van der Waals surface area contributed by atoms with Gasteiger partial charge in [0.1, 0.15) is 0 Å². The monoisotopic (exact) mass is 506 g/mol. The van der Waals surface area contributed by atoms with Crippen LogP contribution in [0.2, 0.25) is 0 Å². The van der Waals surface area contributed by atoms with Crippen molar-refractivity contribution in [2.75, 3.05) is 54.1 Å². The molecule has 0 atom stereocenters. The Balaban J connectivity index is 0.00000392. The van der Waals surface area contributed by atoms with E-state index in [2.05, 4.69) is 27.4 Å². The van der Waals surface area contributed by atoms with Crippen molar-refractivity contribution in [3.8, 4) is 17.2 Å². The zero-order chi connectivity index (χ0) is 19.5. The molecule has 1 saturated heterocycles. The van der Waals surface area contributed by atoms with E-state index in [1.165, 1.54) is 25.9 Å². The molecule has 0 aliphatic carbocycles. The molecule has 160 valence electrons. The Labute approximate surface area is 186 Å². The summed E-state index contributed by atoms with van der Waals surface area (Å²) in [7, 11) is 4.85. The fraction of sp³-hybridized carbons (Fsp3) is 0.650. The summed E-state index contributed by atoms with van der Waals surface area (Å²) in [5.74, 6) is 2.71. The number of benzene rings is 1. The molecule has 1 aromatic rings. The molecule has 0 amide bonds. The smallest absolute Gasteiger partial charge is 0.203 e. The Morgan fingerprint density at radius 2 is 1.68 bits per heavy atom. The van der Waals surface area contributed by atoms with Crippen molar-refractivity contribution < 1.29 is 14.2 Å². The number of nitrogens with one attached hydrogen (secondary N) is 2. The van der Waals surface area contributed by atoms with Crippen molar-refractivity contribution in [2.24, 2.45) is 4.99 Å². The van der Waals surface area contributed by atoms with Gasteiger partial charge in [-0.15, -0.1) is 24.0 Å². The summed E-state index contributed by atoms with van der Waals surface area (Å²) in [4.78, 5) is 7.22. The normalized spacial score (nSPS) is 14.4. The zero-order valence-electron chi connectivity index (χ0n) is 17.5. The van der Waals surface area contributed by atoms with Crippen LogP contribution in [0.5, 0.6) is 17.2 Å². The Kier molecular flexibility index (Phi) is 12.1. The van der Waals surface area contributed by atoms with Gasteiger partial charge in [-0.25, -0.2) is 4.99 Å². The highest BCUT2D eigenvalue weighted by Gasteiger charge is 2.13. The van der Waals surface area contributed by atoms with Crippen molar-refractivity contribution >= 4 is 29.9 Å². The Morgan fingerprint density at radius 3 is 2.21 bits per heavy atom. The maximum Gasteiger partial charge on any atom is 0.203 e. The summed E-state index contributed by atoms with van der Waals surface area (Å²) in [5.41, 5.74) is 0.999. The van der Waals surface area contributed by atoms with Gasteiger partial charge < -0.3 is 29.7 Å². The fourth-order valence-electron chi connectivity index (χ4n) is 3.25. The summed E-state index contributed by atoms with van der Waals surface area (Å²) in [5, 5.41) is 6.72. The van der Waals surface area contributed by atoms with E-state index in [0.717, 1.165) is 37.6 Å². The van der Waals surface area contributed by atoms with E-state index in [4.69, 9.17) is 14.2 Å². The van der Waals surface area contributed by atoms with Crippen molar-refractivity contribution in [1.29, 1.82) is 0 Å². The summed E-state index contributed by atoms with van der Waals surface area (Å²) in [6.45, 7) is 7.98. The molecule has 2 rings (SSSR count). The predicted molar refractivity (Wildman–Crippen MR) is 125 cm³/mol. The number of hydrogen-bond acceptors (Lipinski definition) is 5. The van der Waals surface area contributed by atoms with Crippen LogP contribution in [0.1, 0.15) is 31.7 Å². The number of aliphatic imine (C=N–C) groups is 1. The van der Waals surface area contributed by atoms with Gasteiger partial charge in [-0.3, -0.25) is 0 Å². The summed E-state index contributed by atoms with van der Waals surface area (Å²) < 4.78 is 16.2. The number of halogens is 1. The Hall–Kier alpha value is -1.42. The number of nitrogens with zero attached hydrogens (tertiary/aromatic N) is 2. The number of guanidine groups is 1. The van der Waals surface area contributed by atoms with Crippen molar-refractivity contribution in [3.63, 3.8) is 0 Å². The average molecular weight is 506 g/mol. The molecule has 0 saturated carbocycles. The highest BCUT2D eigenvalue weighted by Crippen LogP contribution is 2.38. The lowest BCUT2D eigenvalue weighted by molar-refractivity contribution is 0.324. The zero-order valence-corrected chi connectivity index (χ0v) is 19.9. The molecule has 8 heteroatoms. The second-order valence-electron chi connectivity index (χ2n) is 6.56.